The molecule has 3 heterocycles. The van der Waals surface area contributed by atoms with Crippen molar-refractivity contribution in [1.29, 1.82) is 0 Å². The van der Waals surface area contributed by atoms with Crippen molar-refractivity contribution >= 4 is 23.6 Å². The maximum atomic E-state index is 5.85. The number of hydrogen-bond donors (Lipinski definition) is 0. The Morgan fingerprint density at radius 2 is 1.96 bits per heavy atom. The van der Waals surface area contributed by atoms with E-state index in [2.05, 4.69) is 23.3 Å². The number of likely N-dealkylation sites (tertiary alicyclic amines) is 1. The summed E-state index contributed by atoms with van der Waals surface area (Å²) in [7, 11) is 1.69. The summed E-state index contributed by atoms with van der Waals surface area (Å²) in [4.78, 5) is 3.53. The van der Waals surface area contributed by atoms with Crippen molar-refractivity contribution in [2.45, 2.75) is 26.4 Å². The van der Waals surface area contributed by atoms with Gasteiger partial charge in [-0.15, -0.1) is 16.4 Å². The molecule has 1 aliphatic rings. The van der Waals surface area contributed by atoms with Gasteiger partial charge < -0.3 is 4.74 Å². The molecular formula is C20H24N4OS2. The first-order chi connectivity index (χ1) is 13.2. The van der Waals surface area contributed by atoms with E-state index >= 15 is 0 Å². The summed E-state index contributed by atoms with van der Waals surface area (Å²) in [5.41, 5.74) is 0.923. The number of para-hydroxylation sites is 2. The van der Waals surface area contributed by atoms with E-state index in [4.69, 9.17) is 22.1 Å². The lowest BCUT2D eigenvalue weighted by Gasteiger charge is -2.29. The Bertz CT molecular complexity index is 953. The van der Waals surface area contributed by atoms with E-state index in [0.29, 0.717) is 4.77 Å². The van der Waals surface area contributed by atoms with Gasteiger partial charge in [0, 0.05) is 13.1 Å². The molecule has 3 aromatic rings. The molecule has 142 valence electrons. The van der Waals surface area contributed by atoms with Gasteiger partial charge >= 0.3 is 0 Å². The summed E-state index contributed by atoms with van der Waals surface area (Å²) in [6, 6.07) is 12.1. The summed E-state index contributed by atoms with van der Waals surface area (Å²) in [6.45, 7) is 5.25. The first kappa shape index (κ1) is 18.4. The highest BCUT2D eigenvalue weighted by Gasteiger charge is 2.21. The number of methoxy groups -OCH3 is 1. The standard InChI is InChI=1S/C20H24N4OS2/c1-15-9-11-22(12-10-15)14-23-20(26)24(16-6-3-4-7-17(16)25-2)19(21-23)18-8-5-13-27-18/h3-8,13,15H,9-12,14H2,1-2H3. The van der Waals surface area contributed by atoms with Crippen molar-refractivity contribution in [3.8, 4) is 22.1 Å². The summed E-state index contributed by atoms with van der Waals surface area (Å²) in [5.74, 6) is 2.46. The van der Waals surface area contributed by atoms with Gasteiger partial charge in [0.05, 0.1) is 24.3 Å². The van der Waals surface area contributed by atoms with E-state index in [1.807, 2.05) is 39.6 Å². The highest BCUT2D eigenvalue weighted by Crippen LogP contribution is 2.31. The second-order valence-electron chi connectivity index (χ2n) is 7.03. The lowest BCUT2D eigenvalue weighted by molar-refractivity contribution is 0.146. The number of piperidine rings is 1. The van der Waals surface area contributed by atoms with Gasteiger partial charge in [-0.1, -0.05) is 25.1 Å². The van der Waals surface area contributed by atoms with Crippen molar-refractivity contribution in [3.63, 3.8) is 0 Å². The number of benzene rings is 1. The van der Waals surface area contributed by atoms with Crippen LogP contribution in [0.5, 0.6) is 5.75 Å². The van der Waals surface area contributed by atoms with Gasteiger partial charge in [0.1, 0.15) is 5.75 Å². The highest BCUT2D eigenvalue weighted by atomic mass is 32.1. The Hall–Kier alpha value is -1.96. The van der Waals surface area contributed by atoms with E-state index in [0.717, 1.165) is 47.8 Å². The summed E-state index contributed by atoms with van der Waals surface area (Å²) < 4.78 is 10.3. The van der Waals surface area contributed by atoms with Gasteiger partial charge in [-0.2, -0.15) is 0 Å². The lowest BCUT2D eigenvalue weighted by atomic mass is 10.00. The van der Waals surface area contributed by atoms with Crippen molar-refractivity contribution in [1.82, 2.24) is 19.2 Å². The first-order valence-electron chi connectivity index (χ1n) is 9.27. The molecule has 1 saturated heterocycles. The molecule has 2 aromatic heterocycles. The van der Waals surface area contributed by atoms with Crippen LogP contribution in [0.1, 0.15) is 19.8 Å². The van der Waals surface area contributed by atoms with E-state index in [9.17, 15) is 0 Å². The van der Waals surface area contributed by atoms with E-state index in [1.54, 1.807) is 18.4 Å². The van der Waals surface area contributed by atoms with Gasteiger partial charge in [-0.3, -0.25) is 9.47 Å². The van der Waals surface area contributed by atoms with Gasteiger partial charge in [-0.25, -0.2) is 4.68 Å². The summed E-state index contributed by atoms with van der Waals surface area (Å²) in [6.07, 6.45) is 2.47. The topological polar surface area (TPSA) is 35.2 Å². The molecule has 1 aromatic carbocycles. The maximum Gasteiger partial charge on any atom is 0.204 e. The summed E-state index contributed by atoms with van der Waals surface area (Å²) in [5, 5.41) is 6.97. The molecule has 4 rings (SSSR count). The normalized spacial score (nSPS) is 15.9. The molecule has 0 N–H and O–H groups in total. The van der Waals surface area contributed by atoms with Crippen LogP contribution in [-0.2, 0) is 6.67 Å². The Kier molecular flexibility index (Phi) is 5.43. The van der Waals surface area contributed by atoms with Crippen LogP contribution >= 0.6 is 23.6 Å². The van der Waals surface area contributed by atoms with Gasteiger partial charge in [-0.05, 0) is 54.6 Å². The maximum absolute atomic E-state index is 5.85. The average Bonchev–Trinajstić information content (AvgIpc) is 3.32. The molecule has 5 nitrogen and oxygen atoms in total. The minimum absolute atomic E-state index is 0.696. The Balaban J connectivity index is 1.78. The fourth-order valence-corrected chi connectivity index (χ4v) is 4.47. The second kappa shape index (κ2) is 7.96. The largest absolute Gasteiger partial charge is 0.495 e. The van der Waals surface area contributed by atoms with Gasteiger partial charge in [0.2, 0.25) is 4.77 Å². The number of nitrogens with zero attached hydrogens (tertiary/aromatic N) is 4. The number of rotatable bonds is 5. The van der Waals surface area contributed by atoms with Crippen molar-refractivity contribution in [2.24, 2.45) is 5.92 Å². The fourth-order valence-electron chi connectivity index (χ4n) is 3.49. The van der Waals surface area contributed by atoms with Crippen molar-refractivity contribution < 1.29 is 4.74 Å². The third-order valence-electron chi connectivity index (χ3n) is 5.12. The Labute approximate surface area is 168 Å². The quantitative estimate of drug-likeness (QED) is 0.575. The van der Waals surface area contributed by atoms with Crippen LogP contribution in [0.3, 0.4) is 0 Å². The van der Waals surface area contributed by atoms with E-state index in [-0.39, 0.29) is 0 Å². The number of hydrogen-bond acceptors (Lipinski definition) is 5. The SMILES string of the molecule is COc1ccccc1-n1c(-c2cccs2)nn(CN2CCC(C)CC2)c1=S. The van der Waals surface area contributed by atoms with Crippen molar-refractivity contribution in [3.05, 3.63) is 46.5 Å². The van der Waals surface area contributed by atoms with Crippen LogP contribution in [0.4, 0.5) is 0 Å². The van der Waals surface area contributed by atoms with Crippen LogP contribution in [0.2, 0.25) is 0 Å². The first-order valence-corrected chi connectivity index (χ1v) is 10.6. The zero-order valence-electron chi connectivity index (χ0n) is 15.7. The highest BCUT2D eigenvalue weighted by molar-refractivity contribution is 7.71. The smallest absolute Gasteiger partial charge is 0.204 e. The van der Waals surface area contributed by atoms with Crippen LogP contribution in [0, 0.1) is 10.7 Å². The Morgan fingerprint density at radius 3 is 2.67 bits per heavy atom. The third-order valence-corrected chi connectivity index (χ3v) is 6.38. The second-order valence-corrected chi connectivity index (χ2v) is 8.35. The van der Waals surface area contributed by atoms with Gasteiger partial charge in [0.15, 0.2) is 5.82 Å². The molecule has 0 saturated carbocycles. The molecule has 0 bridgehead atoms. The molecule has 27 heavy (non-hydrogen) atoms. The molecule has 0 aliphatic carbocycles. The molecule has 0 radical (unpaired) electrons. The van der Waals surface area contributed by atoms with E-state index in [1.165, 1.54) is 12.8 Å². The number of thiophene rings is 1. The van der Waals surface area contributed by atoms with Crippen LogP contribution < -0.4 is 4.74 Å². The average molecular weight is 401 g/mol. The minimum Gasteiger partial charge on any atom is -0.495 e. The Morgan fingerprint density at radius 1 is 1.19 bits per heavy atom. The minimum atomic E-state index is 0.696. The van der Waals surface area contributed by atoms with Crippen LogP contribution in [0.15, 0.2) is 41.8 Å². The molecule has 7 heteroatoms. The molecule has 1 aliphatic heterocycles. The molecule has 1 fully saturated rings. The van der Waals surface area contributed by atoms with Crippen LogP contribution in [0.25, 0.3) is 16.4 Å². The number of ether oxygens (including phenoxy) is 1. The lowest BCUT2D eigenvalue weighted by Crippen LogP contribution is -2.34. The monoisotopic (exact) mass is 400 g/mol. The molecule has 0 spiro atoms. The predicted molar refractivity (Wildman–Crippen MR) is 112 cm³/mol. The van der Waals surface area contributed by atoms with Gasteiger partial charge in [0.25, 0.3) is 0 Å². The zero-order chi connectivity index (χ0) is 18.8. The fraction of sp³-hybridized carbons (Fsp3) is 0.400. The predicted octanol–water partition coefficient (Wildman–Crippen LogP) is 4.83. The number of aromatic nitrogens is 3. The molecule has 0 amide bonds. The van der Waals surface area contributed by atoms with Crippen molar-refractivity contribution in [2.75, 3.05) is 20.2 Å². The summed E-state index contributed by atoms with van der Waals surface area (Å²) >= 11 is 7.52. The molecule has 0 unspecified atom stereocenters. The molecule has 0 atom stereocenters. The van der Waals surface area contributed by atoms with E-state index < -0.39 is 0 Å². The zero-order valence-corrected chi connectivity index (χ0v) is 17.3. The third kappa shape index (κ3) is 3.72. The molecular weight excluding hydrogens is 376 g/mol. The van der Waals surface area contributed by atoms with Crippen LogP contribution in [-0.4, -0.2) is 39.4 Å².